The summed E-state index contributed by atoms with van der Waals surface area (Å²) in [6, 6.07) is 6.48. The molecule has 0 atom stereocenters. The van der Waals surface area contributed by atoms with E-state index in [-0.39, 0.29) is 29.1 Å². The molecule has 0 spiro atoms. The number of rotatable bonds is 8. The van der Waals surface area contributed by atoms with Crippen molar-refractivity contribution in [3.63, 3.8) is 0 Å². The van der Waals surface area contributed by atoms with E-state index in [0.29, 0.717) is 6.61 Å². The molecule has 9 heteroatoms. The number of nitrogens with two attached hydrogens (primary N) is 1. The highest BCUT2D eigenvalue weighted by molar-refractivity contribution is 6.02. The Labute approximate surface area is 166 Å². The molecule has 29 heavy (non-hydrogen) atoms. The van der Waals surface area contributed by atoms with Gasteiger partial charge in [0.25, 0.3) is 5.56 Å². The Morgan fingerprint density at radius 2 is 1.86 bits per heavy atom. The summed E-state index contributed by atoms with van der Waals surface area (Å²) in [5.41, 5.74) is 5.13. The van der Waals surface area contributed by atoms with E-state index in [9.17, 15) is 19.2 Å². The van der Waals surface area contributed by atoms with E-state index in [1.807, 2.05) is 13.8 Å². The topological polar surface area (TPSA) is 133 Å². The van der Waals surface area contributed by atoms with Gasteiger partial charge in [0.05, 0.1) is 18.3 Å². The predicted molar refractivity (Wildman–Crippen MR) is 105 cm³/mol. The Balaban J connectivity index is 1.66. The van der Waals surface area contributed by atoms with Crippen molar-refractivity contribution in [3.05, 3.63) is 61.8 Å². The molecule has 1 fully saturated rings. The monoisotopic (exact) mass is 401 g/mol. The molecule has 0 bridgehead atoms. The fourth-order valence-corrected chi connectivity index (χ4v) is 2.82. The average Bonchev–Trinajstić information content (AvgIpc) is 3.49. The van der Waals surface area contributed by atoms with Crippen LogP contribution >= 0.6 is 0 Å². The van der Waals surface area contributed by atoms with E-state index < -0.39 is 29.6 Å². The SMILES string of the molecule is CC(C)OCc1ccc(C(=O)OCC(=O)c2c(N)n(C3CC3)c(=O)[nH]c2=O)cc1. The number of carbonyl (C=O) groups excluding carboxylic acids is 2. The second-order valence-corrected chi connectivity index (χ2v) is 7.18. The summed E-state index contributed by atoms with van der Waals surface area (Å²) in [7, 11) is 0. The molecule has 3 N–H and O–H groups in total. The molecule has 0 unspecified atom stereocenters. The zero-order valence-electron chi connectivity index (χ0n) is 16.3. The van der Waals surface area contributed by atoms with Gasteiger partial charge in [-0.15, -0.1) is 0 Å². The lowest BCUT2D eigenvalue weighted by molar-refractivity contribution is 0.0473. The molecule has 1 saturated carbocycles. The summed E-state index contributed by atoms with van der Waals surface area (Å²) in [6.07, 6.45) is 1.59. The lowest BCUT2D eigenvalue weighted by atomic mass is 10.1. The molecule has 1 aromatic heterocycles. The van der Waals surface area contributed by atoms with Crippen LogP contribution in [-0.4, -0.2) is 34.0 Å². The molecule has 154 valence electrons. The van der Waals surface area contributed by atoms with Crippen molar-refractivity contribution >= 4 is 17.6 Å². The normalized spacial score (nSPS) is 13.5. The third-order valence-electron chi connectivity index (χ3n) is 4.48. The lowest BCUT2D eigenvalue weighted by Gasteiger charge is -2.11. The van der Waals surface area contributed by atoms with Gasteiger partial charge in [-0.1, -0.05) is 12.1 Å². The molecule has 0 radical (unpaired) electrons. The molecule has 0 saturated heterocycles. The number of aromatic amines is 1. The summed E-state index contributed by atoms with van der Waals surface area (Å²) in [5, 5.41) is 0. The Hall–Kier alpha value is -3.20. The smallest absolute Gasteiger partial charge is 0.338 e. The first-order valence-corrected chi connectivity index (χ1v) is 9.33. The summed E-state index contributed by atoms with van der Waals surface area (Å²) < 4.78 is 11.7. The van der Waals surface area contributed by atoms with Crippen molar-refractivity contribution in [2.75, 3.05) is 12.3 Å². The van der Waals surface area contributed by atoms with Crippen LogP contribution in [0.3, 0.4) is 0 Å². The van der Waals surface area contributed by atoms with Crippen LogP contribution in [0, 0.1) is 0 Å². The second-order valence-electron chi connectivity index (χ2n) is 7.18. The number of hydrogen-bond acceptors (Lipinski definition) is 7. The van der Waals surface area contributed by atoms with Gasteiger partial charge >= 0.3 is 11.7 Å². The number of aromatic nitrogens is 2. The molecule has 2 aromatic rings. The van der Waals surface area contributed by atoms with Crippen LogP contribution in [0.25, 0.3) is 0 Å². The first kappa shape index (κ1) is 20.5. The number of Topliss-reactive ketones (excluding diaryl/α,β-unsaturated/α-hetero) is 1. The third kappa shape index (κ3) is 4.80. The van der Waals surface area contributed by atoms with Crippen molar-refractivity contribution in [1.29, 1.82) is 0 Å². The molecule has 3 rings (SSSR count). The van der Waals surface area contributed by atoms with Crippen molar-refractivity contribution in [2.24, 2.45) is 0 Å². The van der Waals surface area contributed by atoms with E-state index in [1.54, 1.807) is 24.3 Å². The molecule has 1 aliphatic carbocycles. The first-order chi connectivity index (χ1) is 13.8. The number of nitrogens with one attached hydrogen (secondary N) is 1. The first-order valence-electron chi connectivity index (χ1n) is 9.33. The van der Waals surface area contributed by atoms with Crippen LogP contribution in [-0.2, 0) is 16.1 Å². The Morgan fingerprint density at radius 3 is 2.45 bits per heavy atom. The molecule has 1 aromatic carbocycles. The minimum absolute atomic E-state index is 0.0931. The standard InChI is InChI=1S/C20H23N3O6/c1-11(2)28-9-12-3-5-13(6-4-12)19(26)29-10-15(24)16-17(21)23(14-7-8-14)20(27)22-18(16)25/h3-6,11,14H,7-10,21H2,1-2H3,(H,22,25,27). The van der Waals surface area contributed by atoms with Gasteiger partial charge in [0, 0.05) is 6.04 Å². The second kappa shape index (κ2) is 8.44. The number of ether oxygens (including phenoxy) is 2. The third-order valence-corrected chi connectivity index (χ3v) is 4.48. The molecule has 0 amide bonds. The maximum Gasteiger partial charge on any atom is 0.338 e. The van der Waals surface area contributed by atoms with Crippen LogP contribution in [0.2, 0.25) is 0 Å². The Bertz CT molecular complexity index is 1030. The van der Waals surface area contributed by atoms with Crippen LogP contribution in [0.1, 0.15) is 59.0 Å². The van der Waals surface area contributed by atoms with Crippen LogP contribution in [0.15, 0.2) is 33.9 Å². The Kier molecular flexibility index (Phi) is 5.97. The number of ketones is 1. The highest BCUT2D eigenvalue weighted by Crippen LogP contribution is 2.35. The fraction of sp³-hybridized carbons (Fsp3) is 0.400. The maximum atomic E-state index is 12.4. The minimum atomic E-state index is -0.889. The van der Waals surface area contributed by atoms with Gasteiger partial charge < -0.3 is 15.2 Å². The number of nitrogen functional groups attached to an aromatic ring is 1. The van der Waals surface area contributed by atoms with Crippen molar-refractivity contribution in [1.82, 2.24) is 9.55 Å². The molecular weight excluding hydrogens is 378 g/mol. The highest BCUT2D eigenvalue weighted by Gasteiger charge is 2.30. The van der Waals surface area contributed by atoms with Crippen LogP contribution in [0.4, 0.5) is 5.82 Å². The minimum Gasteiger partial charge on any atom is -0.454 e. The number of nitrogens with zero attached hydrogens (tertiary/aromatic N) is 1. The number of carbonyl (C=O) groups is 2. The zero-order chi connectivity index (χ0) is 21.1. The van der Waals surface area contributed by atoms with Crippen LogP contribution < -0.4 is 17.0 Å². The van der Waals surface area contributed by atoms with Crippen molar-refractivity contribution in [2.45, 2.75) is 45.4 Å². The average molecular weight is 401 g/mol. The van der Waals surface area contributed by atoms with Crippen LogP contribution in [0.5, 0.6) is 0 Å². The molecule has 1 heterocycles. The van der Waals surface area contributed by atoms with Crippen molar-refractivity contribution in [3.8, 4) is 0 Å². The Morgan fingerprint density at radius 1 is 1.21 bits per heavy atom. The van der Waals surface area contributed by atoms with Gasteiger partial charge in [-0.05, 0) is 44.4 Å². The molecule has 1 aliphatic rings. The summed E-state index contributed by atoms with van der Waals surface area (Å²) >= 11 is 0. The van der Waals surface area contributed by atoms with Gasteiger partial charge in [-0.2, -0.15) is 0 Å². The largest absolute Gasteiger partial charge is 0.454 e. The number of anilines is 1. The highest BCUT2D eigenvalue weighted by atomic mass is 16.5. The van der Waals surface area contributed by atoms with Gasteiger partial charge in [-0.25, -0.2) is 9.59 Å². The molecule has 0 aliphatic heterocycles. The fourth-order valence-electron chi connectivity index (χ4n) is 2.82. The quantitative estimate of drug-likeness (QED) is 0.505. The maximum absolute atomic E-state index is 12.4. The zero-order valence-corrected chi connectivity index (χ0v) is 16.3. The number of benzene rings is 1. The van der Waals surface area contributed by atoms with Gasteiger partial charge in [-0.3, -0.25) is 19.1 Å². The predicted octanol–water partition coefficient (Wildman–Crippen LogP) is 1.42. The van der Waals surface area contributed by atoms with Gasteiger partial charge in [0.15, 0.2) is 6.61 Å². The van der Waals surface area contributed by atoms with Gasteiger partial charge in [0.1, 0.15) is 11.4 Å². The van der Waals surface area contributed by atoms with E-state index in [0.717, 1.165) is 18.4 Å². The number of H-pyrrole nitrogens is 1. The summed E-state index contributed by atoms with van der Waals surface area (Å²) in [5.74, 6) is -1.68. The van der Waals surface area contributed by atoms with Crippen molar-refractivity contribution < 1.29 is 19.1 Å². The number of esters is 1. The van der Waals surface area contributed by atoms with E-state index >= 15 is 0 Å². The number of hydrogen-bond donors (Lipinski definition) is 2. The summed E-state index contributed by atoms with van der Waals surface area (Å²) in [4.78, 5) is 50.6. The van der Waals surface area contributed by atoms with E-state index in [2.05, 4.69) is 4.98 Å². The van der Waals surface area contributed by atoms with Gasteiger partial charge in [0.2, 0.25) is 5.78 Å². The lowest BCUT2D eigenvalue weighted by Crippen LogP contribution is -2.36. The van der Waals surface area contributed by atoms with E-state index in [1.165, 1.54) is 4.57 Å². The van der Waals surface area contributed by atoms with E-state index in [4.69, 9.17) is 15.2 Å². The summed E-state index contributed by atoms with van der Waals surface area (Å²) in [6.45, 7) is 3.62. The molecular formula is C20H23N3O6. The molecule has 9 nitrogen and oxygen atoms in total.